The second-order valence-electron chi connectivity index (χ2n) is 4.53. The van der Waals surface area contributed by atoms with E-state index in [1.165, 1.54) is 0 Å². The molecular formula is C12H21N3O. The number of ether oxygens (including phenoxy) is 1. The first-order valence-electron chi connectivity index (χ1n) is 6.09. The van der Waals surface area contributed by atoms with E-state index in [2.05, 4.69) is 23.4 Å². The Labute approximate surface area is 96.8 Å². The first kappa shape index (κ1) is 11.6. The van der Waals surface area contributed by atoms with Crippen LogP contribution in [0, 0.1) is 5.92 Å². The van der Waals surface area contributed by atoms with Gasteiger partial charge in [0.1, 0.15) is 5.82 Å². The second-order valence-corrected chi connectivity index (χ2v) is 4.53. The van der Waals surface area contributed by atoms with Crippen LogP contribution in [-0.2, 0) is 17.7 Å². The van der Waals surface area contributed by atoms with Crippen molar-refractivity contribution >= 4 is 0 Å². The number of imidazole rings is 1. The summed E-state index contributed by atoms with van der Waals surface area (Å²) in [5.74, 6) is 1.57. The zero-order valence-corrected chi connectivity index (χ0v) is 10.1. The third kappa shape index (κ3) is 2.28. The molecule has 4 nitrogen and oxygen atoms in total. The summed E-state index contributed by atoms with van der Waals surface area (Å²) >= 11 is 0. The molecule has 0 spiro atoms. The van der Waals surface area contributed by atoms with Crippen molar-refractivity contribution in [1.29, 1.82) is 0 Å². The van der Waals surface area contributed by atoms with E-state index in [9.17, 15) is 0 Å². The quantitative estimate of drug-likeness (QED) is 0.834. The molecule has 0 radical (unpaired) electrons. The highest BCUT2D eigenvalue weighted by Gasteiger charge is 2.30. The molecule has 1 aliphatic heterocycles. The fourth-order valence-electron chi connectivity index (χ4n) is 2.49. The molecule has 1 aromatic heterocycles. The highest BCUT2D eigenvalue weighted by molar-refractivity contribution is 4.97. The fourth-order valence-corrected chi connectivity index (χ4v) is 2.49. The summed E-state index contributed by atoms with van der Waals surface area (Å²) in [4.78, 5) is 4.37. The lowest BCUT2D eigenvalue weighted by Crippen LogP contribution is -2.36. The average Bonchev–Trinajstić information content (AvgIpc) is 2.86. The zero-order chi connectivity index (χ0) is 11.5. The summed E-state index contributed by atoms with van der Waals surface area (Å²) < 4.78 is 7.71. The van der Waals surface area contributed by atoms with Gasteiger partial charge in [-0.2, -0.15) is 0 Å². The van der Waals surface area contributed by atoms with E-state index in [-0.39, 0.29) is 6.04 Å². The molecular weight excluding hydrogens is 202 g/mol. The highest BCUT2D eigenvalue weighted by Crippen LogP contribution is 2.24. The molecule has 0 saturated carbocycles. The topological polar surface area (TPSA) is 53.1 Å². The smallest absolute Gasteiger partial charge is 0.110 e. The third-order valence-electron chi connectivity index (χ3n) is 3.55. The van der Waals surface area contributed by atoms with Crippen LogP contribution in [0.4, 0.5) is 0 Å². The molecule has 2 N–H and O–H groups in total. The molecule has 1 fully saturated rings. The van der Waals surface area contributed by atoms with Gasteiger partial charge in [-0.3, -0.25) is 0 Å². The zero-order valence-electron chi connectivity index (χ0n) is 10.1. The molecule has 90 valence electrons. The van der Waals surface area contributed by atoms with E-state index in [1.807, 2.05) is 12.4 Å². The average molecular weight is 223 g/mol. The first-order chi connectivity index (χ1) is 7.72. The Morgan fingerprint density at radius 2 is 2.50 bits per heavy atom. The third-order valence-corrected chi connectivity index (χ3v) is 3.55. The van der Waals surface area contributed by atoms with Crippen molar-refractivity contribution in [3.63, 3.8) is 0 Å². The number of hydrogen-bond acceptors (Lipinski definition) is 3. The largest absolute Gasteiger partial charge is 0.378 e. The molecule has 3 atom stereocenters. The Bertz CT molecular complexity index is 337. The van der Waals surface area contributed by atoms with Gasteiger partial charge in [0, 0.05) is 43.9 Å². The van der Waals surface area contributed by atoms with Crippen molar-refractivity contribution < 1.29 is 4.74 Å². The van der Waals surface area contributed by atoms with E-state index in [4.69, 9.17) is 10.5 Å². The monoisotopic (exact) mass is 223 g/mol. The summed E-state index contributed by atoms with van der Waals surface area (Å²) in [6.07, 6.45) is 6.07. The van der Waals surface area contributed by atoms with Crippen molar-refractivity contribution in [2.24, 2.45) is 11.7 Å². The summed E-state index contributed by atoms with van der Waals surface area (Å²) in [6.45, 7) is 6.04. The van der Waals surface area contributed by atoms with Gasteiger partial charge < -0.3 is 15.0 Å². The molecule has 2 rings (SSSR count). The van der Waals surface area contributed by atoms with E-state index in [0.717, 1.165) is 31.8 Å². The predicted octanol–water partition coefficient (Wildman–Crippen LogP) is 1.20. The van der Waals surface area contributed by atoms with Crippen molar-refractivity contribution in [3.8, 4) is 0 Å². The number of nitrogens with zero attached hydrogens (tertiary/aromatic N) is 2. The first-order valence-corrected chi connectivity index (χ1v) is 6.09. The van der Waals surface area contributed by atoms with Crippen LogP contribution in [0.5, 0.6) is 0 Å². The van der Waals surface area contributed by atoms with Crippen LogP contribution < -0.4 is 5.73 Å². The van der Waals surface area contributed by atoms with Gasteiger partial charge in [-0.25, -0.2) is 4.98 Å². The van der Waals surface area contributed by atoms with Crippen LogP contribution >= 0.6 is 0 Å². The molecule has 0 aliphatic carbocycles. The summed E-state index contributed by atoms with van der Waals surface area (Å²) in [7, 11) is 0. The normalized spacial score (nSPS) is 27.2. The highest BCUT2D eigenvalue weighted by atomic mass is 16.5. The van der Waals surface area contributed by atoms with Crippen LogP contribution in [0.25, 0.3) is 0 Å². The van der Waals surface area contributed by atoms with Crippen molar-refractivity contribution in [1.82, 2.24) is 9.55 Å². The molecule has 2 heterocycles. The Morgan fingerprint density at radius 1 is 1.69 bits per heavy atom. The molecule has 0 bridgehead atoms. The van der Waals surface area contributed by atoms with E-state index < -0.39 is 0 Å². The maximum absolute atomic E-state index is 6.25. The van der Waals surface area contributed by atoms with Gasteiger partial charge in [-0.05, 0) is 20.3 Å². The maximum atomic E-state index is 6.25. The SMILES string of the molecule is CCn1ccnc1CC(N)C1CCOC1C. The molecule has 16 heavy (non-hydrogen) atoms. The van der Waals surface area contributed by atoms with Gasteiger partial charge in [0.05, 0.1) is 6.10 Å². The van der Waals surface area contributed by atoms with Gasteiger partial charge in [0.2, 0.25) is 0 Å². The molecule has 1 saturated heterocycles. The molecule has 1 aliphatic rings. The van der Waals surface area contributed by atoms with Gasteiger partial charge in [0.15, 0.2) is 0 Å². The van der Waals surface area contributed by atoms with Crippen molar-refractivity contribution in [3.05, 3.63) is 18.2 Å². The molecule has 3 unspecified atom stereocenters. The molecule has 4 heteroatoms. The van der Waals surface area contributed by atoms with Gasteiger partial charge >= 0.3 is 0 Å². The number of hydrogen-bond donors (Lipinski definition) is 1. The lowest BCUT2D eigenvalue weighted by Gasteiger charge is -2.21. The predicted molar refractivity (Wildman–Crippen MR) is 63.1 cm³/mol. The molecule has 0 amide bonds. The standard InChI is InChI=1S/C12H21N3O/c1-3-15-6-5-14-12(15)8-11(13)10-4-7-16-9(10)2/h5-6,9-11H,3-4,7-8,13H2,1-2H3. The molecule has 1 aromatic rings. The maximum Gasteiger partial charge on any atom is 0.110 e. The molecule has 0 aromatic carbocycles. The van der Waals surface area contributed by atoms with Crippen LogP contribution in [0.2, 0.25) is 0 Å². The van der Waals surface area contributed by atoms with Gasteiger partial charge in [-0.15, -0.1) is 0 Å². The second kappa shape index (κ2) is 4.97. The van der Waals surface area contributed by atoms with Gasteiger partial charge in [-0.1, -0.05) is 0 Å². The number of aryl methyl sites for hydroxylation is 1. The summed E-state index contributed by atoms with van der Waals surface area (Å²) in [6, 6.07) is 0.158. The minimum absolute atomic E-state index is 0.158. The lowest BCUT2D eigenvalue weighted by molar-refractivity contribution is 0.0992. The van der Waals surface area contributed by atoms with Crippen molar-refractivity contribution in [2.75, 3.05) is 6.61 Å². The summed E-state index contributed by atoms with van der Waals surface area (Å²) in [5.41, 5.74) is 6.25. The van der Waals surface area contributed by atoms with Crippen LogP contribution in [0.3, 0.4) is 0 Å². The van der Waals surface area contributed by atoms with Crippen molar-refractivity contribution in [2.45, 2.75) is 45.4 Å². The summed E-state index contributed by atoms with van der Waals surface area (Å²) in [5, 5.41) is 0. The van der Waals surface area contributed by atoms with E-state index in [1.54, 1.807) is 0 Å². The fraction of sp³-hybridized carbons (Fsp3) is 0.750. The number of rotatable bonds is 4. The van der Waals surface area contributed by atoms with Crippen LogP contribution in [0.1, 0.15) is 26.1 Å². The van der Waals surface area contributed by atoms with E-state index >= 15 is 0 Å². The van der Waals surface area contributed by atoms with Crippen LogP contribution in [-0.4, -0.2) is 28.3 Å². The van der Waals surface area contributed by atoms with Crippen LogP contribution in [0.15, 0.2) is 12.4 Å². The van der Waals surface area contributed by atoms with E-state index in [0.29, 0.717) is 12.0 Å². The minimum Gasteiger partial charge on any atom is -0.378 e. The van der Waals surface area contributed by atoms with Gasteiger partial charge in [0.25, 0.3) is 0 Å². The lowest BCUT2D eigenvalue weighted by atomic mass is 9.92. The Balaban J connectivity index is 1.98. The minimum atomic E-state index is 0.158. The number of aromatic nitrogens is 2. The Morgan fingerprint density at radius 3 is 3.12 bits per heavy atom. The number of nitrogens with two attached hydrogens (primary N) is 1. The Hall–Kier alpha value is -0.870. The Kier molecular flexibility index (Phi) is 3.61.